The summed E-state index contributed by atoms with van der Waals surface area (Å²) in [4.78, 5) is 19.7. The zero-order valence-electron chi connectivity index (χ0n) is 16.5. The third-order valence-corrected chi connectivity index (χ3v) is 5.25. The lowest BCUT2D eigenvalue weighted by atomic mass is 10.0. The van der Waals surface area contributed by atoms with E-state index in [2.05, 4.69) is 29.0 Å². The summed E-state index contributed by atoms with van der Waals surface area (Å²) in [5.41, 5.74) is 2.40. The minimum atomic E-state index is -0.259. The van der Waals surface area contributed by atoms with Gasteiger partial charge in [-0.1, -0.05) is 37.6 Å². The molecule has 1 aromatic heterocycles. The quantitative estimate of drug-likeness (QED) is 0.731. The number of nitrogens with zero attached hydrogens (tertiary/aromatic N) is 2. The van der Waals surface area contributed by atoms with Crippen molar-refractivity contribution >= 4 is 23.3 Å². The van der Waals surface area contributed by atoms with Gasteiger partial charge in [0.15, 0.2) is 0 Å². The molecule has 0 spiro atoms. The molecular weight excluding hydrogens is 374 g/mol. The normalized spacial score (nSPS) is 15.1. The van der Waals surface area contributed by atoms with Crippen LogP contribution < -0.4 is 10.2 Å². The van der Waals surface area contributed by atoms with Crippen LogP contribution in [0.25, 0.3) is 11.1 Å². The standard InChI is InChI=1S/C22H28ClN3O2/c1-15(2)11-19(14-27)25-22(28)17-12-20(16-5-7-18(23)8-6-16)21(24-13-17)26-9-3-4-10-26/h5-8,12-13,15,19,27H,3-4,9-11,14H2,1-2H3,(H,25,28)/t19-/m1/s1. The van der Waals surface area contributed by atoms with Gasteiger partial charge < -0.3 is 15.3 Å². The van der Waals surface area contributed by atoms with E-state index in [1.54, 1.807) is 6.20 Å². The molecule has 0 unspecified atom stereocenters. The SMILES string of the molecule is CC(C)C[C@H](CO)NC(=O)c1cnc(N2CCCC2)c(-c2ccc(Cl)cc2)c1. The molecule has 1 amide bonds. The number of carbonyl (C=O) groups is 1. The Kier molecular flexibility index (Phi) is 6.92. The lowest BCUT2D eigenvalue weighted by molar-refractivity contribution is 0.0908. The van der Waals surface area contributed by atoms with Crippen LogP contribution in [0.4, 0.5) is 5.82 Å². The number of pyridine rings is 1. The van der Waals surface area contributed by atoms with Gasteiger partial charge in [-0.2, -0.15) is 0 Å². The first kappa shape index (κ1) is 20.6. The summed E-state index contributed by atoms with van der Waals surface area (Å²) in [6, 6.07) is 9.24. The predicted molar refractivity (Wildman–Crippen MR) is 114 cm³/mol. The Morgan fingerprint density at radius 3 is 2.54 bits per heavy atom. The van der Waals surface area contributed by atoms with Crippen molar-refractivity contribution < 1.29 is 9.90 Å². The number of hydrogen-bond acceptors (Lipinski definition) is 4. The van der Waals surface area contributed by atoms with E-state index in [1.807, 2.05) is 30.3 Å². The van der Waals surface area contributed by atoms with Crippen LogP contribution in [0.2, 0.25) is 5.02 Å². The monoisotopic (exact) mass is 401 g/mol. The molecule has 2 aromatic rings. The number of nitrogens with one attached hydrogen (secondary N) is 1. The molecule has 1 atom stereocenters. The molecular formula is C22H28ClN3O2. The molecule has 5 nitrogen and oxygen atoms in total. The first-order valence-electron chi connectivity index (χ1n) is 9.90. The van der Waals surface area contributed by atoms with Crippen molar-refractivity contribution in [3.8, 4) is 11.1 Å². The molecule has 28 heavy (non-hydrogen) atoms. The summed E-state index contributed by atoms with van der Waals surface area (Å²) < 4.78 is 0. The van der Waals surface area contributed by atoms with Gasteiger partial charge in [0.25, 0.3) is 5.91 Å². The van der Waals surface area contributed by atoms with Crippen molar-refractivity contribution in [2.24, 2.45) is 5.92 Å². The van der Waals surface area contributed by atoms with Crippen molar-refractivity contribution in [1.29, 1.82) is 0 Å². The molecule has 0 aliphatic carbocycles. The van der Waals surface area contributed by atoms with Crippen LogP contribution in [0.5, 0.6) is 0 Å². The number of benzene rings is 1. The van der Waals surface area contributed by atoms with Gasteiger partial charge in [0, 0.05) is 29.9 Å². The number of aliphatic hydroxyl groups is 1. The molecule has 2 N–H and O–H groups in total. The highest BCUT2D eigenvalue weighted by atomic mass is 35.5. The van der Waals surface area contributed by atoms with Gasteiger partial charge in [0.05, 0.1) is 18.2 Å². The largest absolute Gasteiger partial charge is 0.394 e. The average Bonchev–Trinajstić information content (AvgIpc) is 3.21. The van der Waals surface area contributed by atoms with Gasteiger partial charge in [-0.15, -0.1) is 0 Å². The Bertz CT molecular complexity index is 802. The van der Waals surface area contributed by atoms with E-state index in [4.69, 9.17) is 11.6 Å². The third-order valence-electron chi connectivity index (χ3n) is 5.00. The molecule has 1 saturated heterocycles. The lowest BCUT2D eigenvalue weighted by Crippen LogP contribution is -2.38. The van der Waals surface area contributed by atoms with Gasteiger partial charge in [-0.05, 0) is 48.9 Å². The lowest BCUT2D eigenvalue weighted by Gasteiger charge is -2.22. The van der Waals surface area contributed by atoms with Crippen molar-refractivity contribution in [1.82, 2.24) is 10.3 Å². The molecule has 150 valence electrons. The molecule has 1 aromatic carbocycles. The van der Waals surface area contributed by atoms with E-state index in [1.165, 1.54) is 0 Å². The maximum absolute atomic E-state index is 12.8. The Morgan fingerprint density at radius 2 is 1.93 bits per heavy atom. The zero-order chi connectivity index (χ0) is 20.1. The second-order valence-electron chi connectivity index (χ2n) is 7.78. The average molecular weight is 402 g/mol. The predicted octanol–water partition coefficient (Wildman–Crippen LogP) is 4.14. The van der Waals surface area contributed by atoms with Crippen molar-refractivity contribution in [3.05, 3.63) is 47.1 Å². The maximum atomic E-state index is 12.8. The maximum Gasteiger partial charge on any atom is 0.253 e. The first-order valence-corrected chi connectivity index (χ1v) is 10.3. The van der Waals surface area contributed by atoms with Crippen LogP contribution in [-0.2, 0) is 0 Å². The molecule has 0 saturated carbocycles. The van der Waals surface area contributed by atoms with Crippen LogP contribution in [0.3, 0.4) is 0 Å². The smallest absolute Gasteiger partial charge is 0.253 e. The summed E-state index contributed by atoms with van der Waals surface area (Å²) in [7, 11) is 0. The number of halogens is 1. The minimum absolute atomic E-state index is 0.0761. The van der Waals surface area contributed by atoms with Crippen LogP contribution in [0.15, 0.2) is 36.5 Å². The number of aromatic nitrogens is 1. The van der Waals surface area contributed by atoms with E-state index >= 15 is 0 Å². The number of carbonyl (C=O) groups excluding carboxylic acids is 1. The van der Waals surface area contributed by atoms with Gasteiger partial charge >= 0.3 is 0 Å². The number of amides is 1. The summed E-state index contributed by atoms with van der Waals surface area (Å²) in [5.74, 6) is 1.07. The summed E-state index contributed by atoms with van der Waals surface area (Å²) >= 11 is 6.05. The second kappa shape index (κ2) is 9.39. The van der Waals surface area contributed by atoms with Crippen molar-refractivity contribution in [2.45, 2.75) is 39.2 Å². The minimum Gasteiger partial charge on any atom is -0.394 e. The molecule has 0 bridgehead atoms. The molecule has 2 heterocycles. The Hall–Kier alpha value is -2.11. The van der Waals surface area contributed by atoms with Gasteiger partial charge in [-0.25, -0.2) is 4.98 Å². The van der Waals surface area contributed by atoms with E-state index in [-0.39, 0.29) is 18.6 Å². The van der Waals surface area contributed by atoms with E-state index in [9.17, 15) is 9.90 Å². The first-order chi connectivity index (χ1) is 13.5. The highest BCUT2D eigenvalue weighted by Gasteiger charge is 2.21. The fourth-order valence-corrected chi connectivity index (χ4v) is 3.75. The van der Waals surface area contributed by atoms with E-state index in [0.717, 1.165) is 49.3 Å². The van der Waals surface area contributed by atoms with E-state index < -0.39 is 0 Å². The molecule has 3 rings (SSSR count). The van der Waals surface area contributed by atoms with Crippen molar-refractivity contribution in [2.75, 3.05) is 24.6 Å². The summed E-state index contributed by atoms with van der Waals surface area (Å²) in [6.45, 7) is 6.01. The van der Waals surface area contributed by atoms with Crippen LogP contribution in [0, 0.1) is 5.92 Å². The van der Waals surface area contributed by atoms with Crippen molar-refractivity contribution in [3.63, 3.8) is 0 Å². The highest BCUT2D eigenvalue weighted by molar-refractivity contribution is 6.30. The molecule has 1 aliphatic heterocycles. The third kappa shape index (κ3) is 5.03. The van der Waals surface area contributed by atoms with Gasteiger partial charge in [0.1, 0.15) is 5.82 Å². The Balaban J connectivity index is 1.91. The van der Waals surface area contributed by atoms with E-state index in [0.29, 0.717) is 16.5 Å². The van der Waals surface area contributed by atoms with Crippen LogP contribution >= 0.6 is 11.6 Å². The zero-order valence-corrected chi connectivity index (χ0v) is 17.2. The van der Waals surface area contributed by atoms with Gasteiger partial charge in [0.2, 0.25) is 0 Å². The Labute approximate surface area is 171 Å². The fraction of sp³-hybridized carbons (Fsp3) is 0.455. The number of hydrogen-bond donors (Lipinski definition) is 2. The van der Waals surface area contributed by atoms with Crippen LogP contribution in [0.1, 0.15) is 43.5 Å². The Morgan fingerprint density at radius 1 is 1.25 bits per heavy atom. The number of rotatable bonds is 7. The topological polar surface area (TPSA) is 65.5 Å². The molecule has 0 radical (unpaired) electrons. The highest BCUT2D eigenvalue weighted by Crippen LogP contribution is 2.32. The second-order valence-corrected chi connectivity index (χ2v) is 8.22. The fourth-order valence-electron chi connectivity index (χ4n) is 3.62. The molecule has 6 heteroatoms. The summed E-state index contributed by atoms with van der Waals surface area (Å²) in [6.07, 6.45) is 4.66. The summed E-state index contributed by atoms with van der Waals surface area (Å²) in [5, 5.41) is 13.2. The number of anilines is 1. The van der Waals surface area contributed by atoms with Gasteiger partial charge in [-0.3, -0.25) is 4.79 Å². The van der Waals surface area contributed by atoms with Crippen LogP contribution in [-0.4, -0.2) is 41.7 Å². The molecule has 1 aliphatic rings. The number of aliphatic hydroxyl groups excluding tert-OH is 1. The molecule has 1 fully saturated rings.